The molecule has 2 atom stereocenters. The largest absolute Gasteiger partial charge is 0.493 e. The third-order valence-electron chi connectivity index (χ3n) is 8.54. The maximum atomic E-state index is 13.5. The first kappa shape index (κ1) is 30.6. The Morgan fingerprint density at radius 2 is 1.60 bits per heavy atom. The van der Waals surface area contributed by atoms with E-state index in [1.165, 1.54) is 11.1 Å². The number of fused-ring (bicyclic) bond motifs is 1. The van der Waals surface area contributed by atoms with Gasteiger partial charge in [0.15, 0.2) is 0 Å². The van der Waals surface area contributed by atoms with E-state index in [2.05, 4.69) is 47.0 Å². The fourth-order valence-corrected chi connectivity index (χ4v) is 6.27. The number of aliphatic hydroxyl groups is 1. The van der Waals surface area contributed by atoms with Crippen molar-refractivity contribution in [2.75, 3.05) is 19.7 Å². The van der Waals surface area contributed by atoms with Crippen LogP contribution in [0.25, 0.3) is 11.1 Å². The van der Waals surface area contributed by atoms with Crippen LogP contribution in [0.1, 0.15) is 75.7 Å². The van der Waals surface area contributed by atoms with E-state index in [4.69, 9.17) is 9.47 Å². The van der Waals surface area contributed by atoms with Crippen LogP contribution in [0.4, 0.5) is 4.79 Å². The van der Waals surface area contributed by atoms with Gasteiger partial charge in [-0.1, -0.05) is 79.6 Å². The van der Waals surface area contributed by atoms with Crippen LogP contribution < -0.4 is 15.4 Å². The first-order valence-electron chi connectivity index (χ1n) is 15.5. The Morgan fingerprint density at radius 1 is 0.930 bits per heavy atom. The lowest BCUT2D eigenvalue weighted by Crippen LogP contribution is -2.43. The van der Waals surface area contributed by atoms with Crippen molar-refractivity contribution in [2.24, 2.45) is 5.92 Å². The molecule has 1 heterocycles. The summed E-state index contributed by atoms with van der Waals surface area (Å²) >= 11 is 0. The summed E-state index contributed by atoms with van der Waals surface area (Å²) in [5, 5.41) is 17.2. The summed E-state index contributed by atoms with van der Waals surface area (Å²) in [6.07, 6.45) is 3.75. The minimum absolute atomic E-state index is 0.00963. The lowest BCUT2D eigenvalue weighted by molar-refractivity contribution is -0.126. The number of ether oxygens (including phenoxy) is 2. The first-order valence-corrected chi connectivity index (χ1v) is 15.5. The van der Waals surface area contributed by atoms with Gasteiger partial charge in [0, 0.05) is 24.6 Å². The topological polar surface area (TPSA) is 96.9 Å². The maximum absolute atomic E-state index is 13.5. The second-order valence-electron chi connectivity index (χ2n) is 12.9. The summed E-state index contributed by atoms with van der Waals surface area (Å²) in [6.45, 7) is 6.78. The van der Waals surface area contributed by atoms with Crippen LogP contribution in [0.2, 0.25) is 0 Å². The van der Waals surface area contributed by atoms with Crippen LogP contribution in [0.5, 0.6) is 5.75 Å². The molecule has 1 aliphatic carbocycles. The minimum atomic E-state index is -0.641. The van der Waals surface area contributed by atoms with E-state index < -0.39 is 23.2 Å². The molecule has 1 saturated carbocycles. The van der Waals surface area contributed by atoms with Crippen LogP contribution in [0.15, 0.2) is 72.8 Å². The van der Waals surface area contributed by atoms with Gasteiger partial charge in [0.25, 0.3) is 0 Å². The van der Waals surface area contributed by atoms with E-state index in [-0.39, 0.29) is 11.8 Å². The number of carbonyl (C=O) groups excluding carboxylic acids is 2. The molecule has 5 rings (SSSR count). The fraction of sp³-hybridized carbons (Fsp3) is 0.444. The van der Waals surface area contributed by atoms with Crippen LogP contribution in [0.3, 0.4) is 0 Å². The van der Waals surface area contributed by atoms with E-state index in [1.54, 1.807) is 0 Å². The van der Waals surface area contributed by atoms with Gasteiger partial charge < -0.3 is 25.2 Å². The van der Waals surface area contributed by atoms with Crippen molar-refractivity contribution in [3.63, 3.8) is 0 Å². The van der Waals surface area contributed by atoms with E-state index in [0.717, 1.165) is 42.4 Å². The molecule has 0 saturated heterocycles. The number of benzene rings is 3. The Morgan fingerprint density at radius 3 is 2.30 bits per heavy atom. The Kier molecular flexibility index (Phi) is 9.40. The minimum Gasteiger partial charge on any atom is -0.493 e. The summed E-state index contributed by atoms with van der Waals surface area (Å²) in [5.74, 6) is 0.621. The fourth-order valence-electron chi connectivity index (χ4n) is 6.27. The number of alkyl carbamates (subject to hydrolysis) is 1. The molecule has 0 spiro atoms. The standard InChI is InChI=1S/C36H44N2O5/c1-35(2,3)43-34(41)38-21-9-20-37-33(40)36(18-7-8-19-36)29-16-17-30-31(23-29)42-24-28(32(30)39)22-25-12-14-27(15-13-25)26-10-5-4-6-11-26/h4-6,10-17,23,28,32,39H,7-9,18-22,24H2,1-3H3,(H,37,40)(H,38,41)/t28-,32+/m1/s1. The molecule has 43 heavy (non-hydrogen) atoms. The Labute approximate surface area is 255 Å². The number of carbonyl (C=O) groups is 2. The van der Waals surface area contributed by atoms with Crippen molar-refractivity contribution in [2.45, 2.75) is 76.4 Å². The summed E-state index contributed by atoms with van der Waals surface area (Å²) in [7, 11) is 0. The lowest BCUT2D eigenvalue weighted by Gasteiger charge is -2.33. The Hall–Kier alpha value is -3.84. The Balaban J connectivity index is 1.19. The zero-order chi connectivity index (χ0) is 30.5. The molecule has 3 N–H and O–H groups in total. The molecule has 2 amide bonds. The third kappa shape index (κ3) is 7.39. The number of hydrogen-bond donors (Lipinski definition) is 3. The number of aliphatic hydroxyl groups excluding tert-OH is 1. The molecule has 0 unspecified atom stereocenters. The van der Waals surface area contributed by atoms with Crippen LogP contribution in [0, 0.1) is 5.92 Å². The second kappa shape index (κ2) is 13.2. The molecule has 0 radical (unpaired) electrons. The van der Waals surface area contributed by atoms with Crippen LogP contribution in [-0.4, -0.2) is 42.4 Å². The number of hydrogen-bond acceptors (Lipinski definition) is 5. The van der Waals surface area contributed by atoms with E-state index in [0.29, 0.717) is 38.3 Å². The second-order valence-corrected chi connectivity index (χ2v) is 12.9. The molecule has 0 bridgehead atoms. The quantitative estimate of drug-likeness (QED) is 0.250. The SMILES string of the molecule is CC(C)(C)OC(=O)NCCCNC(=O)C1(c2ccc3c(c2)OC[C@@H](Cc2ccc(-c4ccccc4)cc2)[C@@H]3O)CCCC1. The van der Waals surface area contributed by atoms with Gasteiger partial charge in [-0.2, -0.15) is 0 Å². The number of rotatable bonds is 9. The van der Waals surface area contributed by atoms with Gasteiger partial charge in [-0.3, -0.25) is 4.79 Å². The van der Waals surface area contributed by atoms with Crippen molar-refractivity contribution in [1.82, 2.24) is 10.6 Å². The van der Waals surface area contributed by atoms with Crippen molar-refractivity contribution in [3.05, 3.63) is 89.5 Å². The highest BCUT2D eigenvalue weighted by atomic mass is 16.6. The summed E-state index contributed by atoms with van der Waals surface area (Å²) in [5.41, 5.74) is 4.08. The van der Waals surface area contributed by atoms with Crippen molar-refractivity contribution in [3.8, 4) is 16.9 Å². The molecule has 1 aliphatic heterocycles. The summed E-state index contributed by atoms with van der Waals surface area (Å²) in [6, 6.07) is 24.7. The molecule has 3 aromatic carbocycles. The highest BCUT2D eigenvalue weighted by Crippen LogP contribution is 2.45. The highest BCUT2D eigenvalue weighted by molar-refractivity contribution is 5.88. The van der Waals surface area contributed by atoms with Gasteiger partial charge in [-0.15, -0.1) is 0 Å². The van der Waals surface area contributed by atoms with Crippen molar-refractivity contribution < 1.29 is 24.2 Å². The highest BCUT2D eigenvalue weighted by Gasteiger charge is 2.43. The molecule has 7 heteroatoms. The number of nitrogens with one attached hydrogen (secondary N) is 2. The zero-order valence-electron chi connectivity index (χ0n) is 25.5. The number of amides is 2. The molecule has 2 aliphatic rings. The average Bonchev–Trinajstić information content (AvgIpc) is 3.50. The molecule has 7 nitrogen and oxygen atoms in total. The van der Waals surface area contributed by atoms with Gasteiger partial charge in [0.05, 0.1) is 18.1 Å². The van der Waals surface area contributed by atoms with E-state index in [9.17, 15) is 14.7 Å². The average molecular weight is 585 g/mol. The van der Waals surface area contributed by atoms with Gasteiger partial charge in [0.2, 0.25) is 5.91 Å². The lowest BCUT2D eigenvalue weighted by atomic mass is 9.76. The first-order chi connectivity index (χ1) is 20.6. The van der Waals surface area contributed by atoms with Crippen LogP contribution in [-0.2, 0) is 21.4 Å². The molecule has 0 aromatic heterocycles. The molecule has 3 aromatic rings. The summed E-state index contributed by atoms with van der Waals surface area (Å²) < 4.78 is 11.5. The molecular weight excluding hydrogens is 540 g/mol. The van der Waals surface area contributed by atoms with Crippen LogP contribution >= 0.6 is 0 Å². The zero-order valence-corrected chi connectivity index (χ0v) is 25.5. The van der Waals surface area contributed by atoms with E-state index >= 15 is 0 Å². The normalized spacial score (nSPS) is 19.2. The predicted molar refractivity (Wildman–Crippen MR) is 168 cm³/mol. The molecule has 228 valence electrons. The maximum Gasteiger partial charge on any atom is 0.407 e. The van der Waals surface area contributed by atoms with Crippen molar-refractivity contribution >= 4 is 12.0 Å². The Bertz CT molecular complexity index is 1390. The molecule has 1 fully saturated rings. The van der Waals surface area contributed by atoms with E-state index in [1.807, 2.05) is 57.2 Å². The van der Waals surface area contributed by atoms with Gasteiger partial charge in [-0.05, 0) is 74.8 Å². The predicted octanol–water partition coefficient (Wildman–Crippen LogP) is 6.48. The van der Waals surface area contributed by atoms with Gasteiger partial charge in [0.1, 0.15) is 11.4 Å². The van der Waals surface area contributed by atoms with Gasteiger partial charge in [-0.25, -0.2) is 4.79 Å². The molecular formula is C36H44N2O5. The van der Waals surface area contributed by atoms with Crippen molar-refractivity contribution in [1.29, 1.82) is 0 Å². The summed E-state index contributed by atoms with van der Waals surface area (Å²) in [4.78, 5) is 25.4. The third-order valence-corrected chi connectivity index (χ3v) is 8.54. The van der Waals surface area contributed by atoms with Gasteiger partial charge >= 0.3 is 6.09 Å². The smallest absolute Gasteiger partial charge is 0.407 e. The monoisotopic (exact) mass is 584 g/mol.